The van der Waals surface area contributed by atoms with E-state index in [2.05, 4.69) is 77.5 Å². The highest BCUT2D eigenvalue weighted by atomic mass is 16.2. The molecular formula is C29H24NO2+. The molecule has 2 aromatic rings. The molecule has 0 radical (unpaired) electrons. The van der Waals surface area contributed by atoms with Gasteiger partial charge < -0.3 is 0 Å². The predicted molar refractivity (Wildman–Crippen MR) is 119 cm³/mol. The molecule has 8 aliphatic rings. The molecule has 6 aliphatic carbocycles. The monoisotopic (exact) mass is 418 g/mol. The van der Waals surface area contributed by atoms with E-state index < -0.39 is 5.41 Å². The van der Waals surface area contributed by atoms with Crippen LogP contribution in [0.2, 0.25) is 0 Å². The Kier molecular flexibility index (Phi) is 3.08. The molecule has 0 amide bonds. The van der Waals surface area contributed by atoms with E-state index in [1.807, 2.05) is 6.07 Å². The van der Waals surface area contributed by atoms with Crippen LogP contribution in [0.4, 0.5) is 0 Å². The second-order valence-corrected chi connectivity index (χ2v) is 10.4. The van der Waals surface area contributed by atoms with Gasteiger partial charge in [0.05, 0.1) is 11.8 Å². The molecule has 156 valence electrons. The Hall–Kier alpha value is -3.07. The van der Waals surface area contributed by atoms with Crippen molar-refractivity contribution in [2.45, 2.75) is 24.8 Å². The van der Waals surface area contributed by atoms with Gasteiger partial charge in [-0.25, -0.2) is 0 Å². The second-order valence-electron chi connectivity index (χ2n) is 10.4. The van der Waals surface area contributed by atoms with Gasteiger partial charge in [0.2, 0.25) is 11.6 Å². The summed E-state index contributed by atoms with van der Waals surface area (Å²) >= 11 is 0. The van der Waals surface area contributed by atoms with Crippen LogP contribution in [0.15, 0.2) is 84.6 Å². The highest BCUT2D eigenvalue weighted by molar-refractivity contribution is 6.45. The fourth-order valence-corrected chi connectivity index (χ4v) is 8.78. The molecule has 3 heteroatoms. The van der Waals surface area contributed by atoms with Gasteiger partial charge in [-0.2, -0.15) is 4.57 Å². The second kappa shape index (κ2) is 5.64. The molecule has 8 unspecified atom stereocenters. The van der Waals surface area contributed by atoms with Crippen molar-refractivity contribution >= 4 is 17.1 Å². The van der Waals surface area contributed by atoms with Crippen LogP contribution in [0.5, 0.6) is 0 Å². The van der Waals surface area contributed by atoms with E-state index in [9.17, 15) is 9.59 Å². The Morgan fingerprint density at radius 3 is 2.50 bits per heavy atom. The normalized spacial score (nSPS) is 41.7. The molecule has 2 fully saturated rings. The molecule has 1 aromatic heterocycles. The van der Waals surface area contributed by atoms with Crippen LogP contribution in [0, 0.1) is 35.0 Å². The van der Waals surface area contributed by atoms with E-state index in [1.165, 1.54) is 16.8 Å². The van der Waals surface area contributed by atoms with Gasteiger partial charge in [-0.05, 0) is 35.5 Å². The van der Waals surface area contributed by atoms with Crippen molar-refractivity contribution in [1.82, 2.24) is 0 Å². The van der Waals surface area contributed by atoms with Crippen molar-refractivity contribution in [1.29, 1.82) is 0 Å². The molecule has 4 bridgehead atoms. The maximum Gasteiger partial charge on any atom is 0.216 e. The first-order valence-electron chi connectivity index (χ1n) is 12.0. The number of fused-ring (bicyclic) bond motifs is 1. The van der Waals surface area contributed by atoms with Crippen LogP contribution >= 0.6 is 0 Å². The van der Waals surface area contributed by atoms with Crippen molar-refractivity contribution < 1.29 is 14.2 Å². The van der Waals surface area contributed by atoms with Crippen LogP contribution in [0.1, 0.15) is 36.1 Å². The molecule has 1 aromatic carbocycles. The molecule has 3 nitrogen and oxygen atoms in total. The third-order valence-electron chi connectivity index (χ3n) is 9.55. The van der Waals surface area contributed by atoms with Gasteiger partial charge in [0.1, 0.15) is 5.41 Å². The summed E-state index contributed by atoms with van der Waals surface area (Å²) in [4.78, 5) is 28.0. The van der Waals surface area contributed by atoms with Crippen LogP contribution in [-0.4, -0.2) is 11.6 Å². The molecule has 10 rings (SSSR count). The number of nitrogens with zero attached hydrogens (tertiary/aromatic N) is 1. The maximum absolute atomic E-state index is 14.2. The van der Waals surface area contributed by atoms with Gasteiger partial charge in [-0.3, -0.25) is 9.59 Å². The van der Waals surface area contributed by atoms with Crippen molar-refractivity contribution in [3.8, 4) is 0 Å². The summed E-state index contributed by atoms with van der Waals surface area (Å²) in [5.41, 5.74) is 4.19. The lowest BCUT2D eigenvalue weighted by Gasteiger charge is -2.63. The zero-order valence-electron chi connectivity index (χ0n) is 17.7. The summed E-state index contributed by atoms with van der Waals surface area (Å²) in [5.74, 6) is 0.749. The first-order valence-corrected chi connectivity index (χ1v) is 12.0. The van der Waals surface area contributed by atoms with Crippen LogP contribution < -0.4 is 4.57 Å². The van der Waals surface area contributed by atoms with E-state index >= 15 is 0 Å². The summed E-state index contributed by atoms with van der Waals surface area (Å²) in [6.07, 6.45) is 13.3. The number of ketones is 2. The lowest BCUT2D eigenvalue weighted by atomic mass is 9.37. The maximum atomic E-state index is 14.2. The van der Waals surface area contributed by atoms with Gasteiger partial charge in [-0.1, -0.05) is 60.7 Å². The number of rotatable bonds is 1. The lowest BCUT2D eigenvalue weighted by molar-refractivity contribution is -0.762. The fourth-order valence-electron chi connectivity index (χ4n) is 8.78. The number of aromatic nitrogens is 1. The minimum absolute atomic E-state index is 0.00497. The quantitative estimate of drug-likeness (QED) is 0.395. The first kappa shape index (κ1) is 17.5. The molecule has 0 N–H and O–H groups in total. The minimum Gasteiger partial charge on any atom is -0.290 e. The number of hydrogen-bond acceptors (Lipinski definition) is 2. The minimum atomic E-state index is -0.731. The van der Waals surface area contributed by atoms with E-state index in [1.54, 1.807) is 0 Å². The first-order chi connectivity index (χ1) is 15.7. The Morgan fingerprint density at radius 1 is 0.844 bits per heavy atom. The number of hydrogen-bond donors (Lipinski definition) is 0. The van der Waals surface area contributed by atoms with Gasteiger partial charge in [-0.15, -0.1) is 0 Å². The van der Waals surface area contributed by atoms with Crippen molar-refractivity contribution in [3.05, 3.63) is 95.9 Å². The number of pyridine rings is 1. The molecule has 32 heavy (non-hydrogen) atoms. The number of allylic oxidation sites excluding steroid dienone is 6. The summed E-state index contributed by atoms with van der Waals surface area (Å²) in [6.45, 7) is 0. The zero-order chi connectivity index (χ0) is 21.2. The average molecular weight is 419 g/mol. The Morgan fingerprint density at radius 2 is 1.62 bits per heavy atom. The average Bonchev–Trinajstić information content (AvgIpc) is 3.52. The fraction of sp³-hybridized carbons (Fsp3) is 0.345. The third-order valence-corrected chi connectivity index (χ3v) is 9.55. The lowest BCUT2D eigenvalue weighted by Crippen LogP contribution is -2.75. The summed E-state index contributed by atoms with van der Waals surface area (Å²) in [6, 6.07) is 16.9. The van der Waals surface area contributed by atoms with E-state index in [4.69, 9.17) is 0 Å². The highest BCUT2D eigenvalue weighted by Crippen LogP contribution is 2.74. The number of Topliss-reactive ketones (excluding diaryl/α,β-unsaturated/α-hetero) is 2. The van der Waals surface area contributed by atoms with Crippen molar-refractivity contribution in [2.75, 3.05) is 0 Å². The topological polar surface area (TPSA) is 38.0 Å². The smallest absolute Gasteiger partial charge is 0.216 e. The summed E-state index contributed by atoms with van der Waals surface area (Å²) in [7, 11) is 0. The highest BCUT2D eigenvalue weighted by Gasteiger charge is 2.79. The van der Waals surface area contributed by atoms with Gasteiger partial charge in [0.25, 0.3) is 0 Å². The summed E-state index contributed by atoms with van der Waals surface area (Å²) < 4.78 is 2.39. The van der Waals surface area contributed by atoms with Crippen molar-refractivity contribution in [2.24, 2.45) is 35.0 Å². The van der Waals surface area contributed by atoms with E-state index in [-0.39, 0.29) is 41.3 Å². The van der Waals surface area contributed by atoms with E-state index in [0.717, 1.165) is 18.4 Å². The Bertz CT molecular complexity index is 1320. The largest absolute Gasteiger partial charge is 0.290 e. The Balaban J connectivity index is 1.56. The van der Waals surface area contributed by atoms with Gasteiger partial charge >= 0.3 is 0 Å². The van der Waals surface area contributed by atoms with Gasteiger partial charge in [0.15, 0.2) is 17.9 Å². The molecule has 3 heterocycles. The summed E-state index contributed by atoms with van der Waals surface area (Å²) in [5, 5.41) is 0. The van der Waals surface area contributed by atoms with Crippen LogP contribution in [-0.2, 0) is 9.59 Å². The van der Waals surface area contributed by atoms with Crippen LogP contribution in [0.3, 0.4) is 0 Å². The molecule has 2 saturated carbocycles. The SMILES string of the molecule is O=C1C(=O)C23C(=C(c4ccccc4)C1C1CC=CC12)C1c2cccc[n+]2C3C2CC=CC12. The molecule has 2 aliphatic heterocycles. The number of carbonyl (C=O) groups excluding carboxylic acids is 2. The third kappa shape index (κ3) is 1.68. The number of benzene rings is 1. The predicted octanol–water partition coefficient (Wildman–Crippen LogP) is 4.23. The molecule has 0 saturated heterocycles. The molecule has 8 atom stereocenters. The molecule has 1 spiro atoms. The number of carbonyl (C=O) groups is 2. The Labute approximate surface area is 187 Å². The molecular weight excluding hydrogens is 394 g/mol. The standard InChI is InChI=1S/C29H24NO2/c31-26-24-19-12-7-13-20(19)29(28(26)32)25(22(24)16-8-2-1-3-9-16)23-17-10-6-11-18(17)27(29)30-15-5-4-14-21(23)30/h1-10,13-15,17-20,23-24,27H,11-12H2/q+1. The van der Waals surface area contributed by atoms with E-state index in [0.29, 0.717) is 11.8 Å². The van der Waals surface area contributed by atoms with Crippen LogP contribution in [0.25, 0.3) is 5.57 Å². The zero-order valence-corrected chi connectivity index (χ0v) is 17.7. The van der Waals surface area contributed by atoms with Crippen molar-refractivity contribution in [3.63, 3.8) is 0 Å². The van der Waals surface area contributed by atoms with Gasteiger partial charge in [0, 0.05) is 29.9 Å².